The highest BCUT2D eigenvalue weighted by atomic mass is 16.7. The monoisotopic (exact) mass is 414 g/mol. The largest absolute Gasteiger partial charge is 0.394 e. The zero-order valence-corrected chi connectivity index (χ0v) is 15.1. The zero-order valence-electron chi connectivity index (χ0n) is 15.1. The van der Waals surface area contributed by atoms with Crippen molar-refractivity contribution >= 4 is 5.91 Å². The summed E-state index contributed by atoms with van der Waals surface area (Å²) in [5, 5.41) is 80.2. The third-order valence-corrected chi connectivity index (χ3v) is 4.31. The third-order valence-electron chi connectivity index (χ3n) is 4.31. The second kappa shape index (κ2) is 11.9. The Morgan fingerprint density at radius 1 is 1.11 bits per heavy atom. The van der Waals surface area contributed by atoms with Crippen molar-refractivity contribution in [1.82, 2.24) is 5.32 Å². The van der Waals surface area contributed by atoms with Crippen molar-refractivity contribution < 1.29 is 55.1 Å². The van der Waals surface area contributed by atoms with Crippen LogP contribution in [0, 0.1) is 0 Å². The van der Waals surface area contributed by atoms with E-state index in [1.165, 1.54) is 0 Å². The van der Waals surface area contributed by atoms with Gasteiger partial charge in [-0.3, -0.25) is 4.79 Å². The molecule has 0 aliphatic carbocycles. The lowest BCUT2D eigenvalue weighted by atomic mass is 9.98. The maximum atomic E-state index is 11.9. The van der Waals surface area contributed by atoms with Gasteiger partial charge in [-0.1, -0.05) is 0 Å². The number of hydrogen-bond acceptors (Lipinski definition) is 12. The summed E-state index contributed by atoms with van der Waals surface area (Å²) in [7, 11) is 0. The third kappa shape index (κ3) is 6.27. The van der Waals surface area contributed by atoms with E-state index in [1.54, 1.807) is 0 Å². The molecule has 13 nitrogen and oxygen atoms in total. The molecule has 9 atom stereocenters. The highest BCUT2D eigenvalue weighted by Crippen LogP contribution is 2.25. The molecule has 1 aliphatic rings. The normalized spacial score (nSPS) is 32.4. The molecule has 1 amide bonds. The molecular weight excluding hydrogens is 384 g/mol. The lowest BCUT2D eigenvalue weighted by Gasteiger charge is -2.42. The van der Waals surface area contributed by atoms with E-state index in [-0.39, 0.29) is 13.1 Å². The fraction of sp³-hybridized carbons (Fsp3) is 0.933. The molecule has 28 heavy (non-hydrogen) atoms. The van der Waals surface area contributed by atoms with Gasteiger partial charge in [0.25, 0.3) is 5.91 Å². The summed E-state index contributed by atoms with van der Waals surface area (Å²) in [6.07, 6.45) is -15.8. The van der Waals surface area contributed by atoms with Crippen LogP contribution >= 0.6 is 0 Å². The summed E-state index contributed by atoms with van der Waals surface area (Å²) in [6.45, 7) is -1.28. The SMILES string of the molecule is NCCCNC(=O)[C@H](O)[C@H](O)[C@H](O[C@@H]1O[C@H](CO)[C@H](O)[C@H](O)[C@H]1O)[C@H](O)CO. The van der Waals surface area contributed by atoms with Crippen LogP contribution in [0.4, 0.5) is 0 Å². The van der Waals surface area contributed by atoms with Gasteiger partial charge in [0.2, 0.25) is 0 Å². The van der Waals surface area contributed by atoms with Crippen LogP contribution in [0.3, 0.4) is 0 Å². The van der Waals surface area contributed by atoms with Gasteiger partial charge in [-0.2, -0.15) is 0 Å². The smallest absolute Gasteiger partial charge is 0.251 e. The van der Waals surface area contributed by atoms with Gasteiger partial charge in [0.1, 0.15) is 42.7 Å². The Hall–Kier alpha value is -0.970. The molecule has 1 aliphatic heterocycles. The standard InChI is InChI=1S/C15H30N2O11/c16-2-1-3-17-14(26)11(24)10(23)13(6(20)4-18)28-15-12(25)9(22)8(21)7(5-19)27-15/h6-13,15,18-25H,1-5,16H2,(H,17,26)/t6-,7-,8+,9+,10+,11-,12-,13-,15+/m1/s1. The molecule has 1 fully saturated rings. The molecule has 0 aromatic heterocycles. The van der Waals surface area contributed by atoms with Crippen molar-refractivity contribution in [2.75, 3.05) is 26.3 Å². The van der Waals surface area contributed by atoms with Crippen molar-refractivity contribution in [3.63, 3.8) is 0 Å². The summed E-state index contributed by atoms with van der Waals surface area (Å²) in [4.78, 5) is 11.9. The van der Waals surface area contributed by atoms with Crippen molar-refractivity contribution in [2.24, 2.45) is 5.73 Å². The van der Waals surface area contributed by atoms with Crippen LogP contribution in [-0.2, 0) is 14.3 Å². The first-order chi connectivity index (χ1) is 13.2. The first-order valence-electron chi connectivity index (χ1n) is 8.78. The highest BCUT2D eigenvalue weighted by molar-refractivity contribution is 5.81. The van der Waals surface area contributed by atoms with E-state index in [9.17, 15) is 40.5 Å². The van der Waals surface area contributed by atoms with E-state index in [0.717, 1.165) is 0 Å². The van der Waals surface area contributed by atoms with Crippen molar-refractivity contribution in [3.05, 3.63) is 0 Å². The maximum Gasteiger partial charge on any atom is 0.251 e. The van der Waals surface area contributed by atoms with Gasteiger partial charge in [0.05, 0.1) is 13.2 Å². The number of aliphatic hydroxyl groups is 8. The molecule has 1 heterocycles. The molecule has 0 saturated carbocycles. The van der Waals surface area contributed by atoms with E-state index < -0.39 is 74.2 Å². The Morgan fingerprint density at radius 3 is 2.29 bits per heavy atom. The molecule has 0 radical (unpaired) electrons. The van der Waals surface area contributed by atoms with Gasteiger partial charge in [-0.25, -0.2) is 0 Å². The number of aliphatic hydroxyl groups excluding tert-OH is 8. The van der Waals surface area contributed by atoms with Crippen molar-refractivity contribution in [2.45, 2.75) is 61.5 Å². The van der Waals surface area contributed by atoms with Gasteiger partial charge >= 0.3 is 0 Å². The highest BCUT2D eigenvalue weighted by Gasteiger charge is 2.47. The molecular formula is C15H30N2O11. The predicted octanol–water partition coefficient (Wildman–Crippen LogP) is -6.29. The fourth-order valence-corrected chi connectivity index (χ4v) is 2.59. The quantitative estimate of drug-likeness (QED) is 0.142. The van der Waals surface area contributed by atoms with Crippen LogP contribution in [-0.4, -0.2) is 128 Å². The van der Waals surface area contributed by atoms with Gasteiger partial charge in [-0.05, 0) is 13.0 Å². The first kappa shape index (κ1) is 25.1. The minimum absolute atomic E-state index is 0.125. The van der Waals surface area contributed by atoms with Crippen molar-refractivity contribution in [1.29, 1.82) is 0 Å². The van der Waals surface area contributed by atoms with Crippen molar-refractivity contribution in [3.8, 4) is 0 Å². The number of ether oxygens (including phenoxy) is 2. The van der Waals surface area contributed by atoms with Gasteiger partial charge in [-0.15, -0.1) is 0 Å². The number of rotatable bonds is 11. The van der Waals surface area contributed by atoms with Crippen LogP contribution in [0.5, 0.6) is 0 Å². The Morgan fingerprint density at radius 2 is 1.75 bits per heavy atom. The predicted molar refractivity (Wildman–Crippen MR) is 90.4 cm³/mol. The minimum Gasteiger partial charge on any atom is -0.394 e. The second-order valence-corrected chi connectivity index (χ2v) is 6.42. The average molecular weight is 414 g/mol. The van der Waals surface area contributed by atoms with E-state index in [2.05, 4.69) is 5.32 Å². The second-order valence-electron chi connectivity index (χ2n) is 6.42. The van der Waals surface area contributed by atoms with E-state index in [4.69, 9.17) is 20.3 Å². The number of hydrogen-bond donors (Lipinski definition) is 10. The Kier molecular flexibility index (Phi) is 10.6. The van der Waals surface area contributed by atoms with E-state index >= 15 is 0 Å². The molecule has 11 N–H and O–H groups in total. The van der Waals surface area contributed by atoms with E-state index in [1.807, 2.05) is 0 Å². The lowest BCUT2D eigenvalue weighted by Crippen LogP contribution is -2.62. The summed E-state index contributed by atoms with van der Waals surface area (Å²) in [6, 6.07) is 0. The number of nitrogens with two attached hydrogens (primary N) is 1. The molecule has 166 valence electrons. The molecule has 1 rings (SSSR count). The van der Waals surface area contributed by atoms with Crippen LogP contribution < -0.4 is 11.1 Å². The Bertz CT molecular complexity index is 469. The Labute approximate surface area is 160 Å². The summed E-state index contributed by atoms with van der Waals surface area (Å²) >= 11 is 0. The lowest BCUT2D eigenvalue weighted by molar-refractivity contribution is -0.326. The minimum atomic E-state index is -2.08. The van der Waals surface area contributed by atoms with E-state index in [0.29, 0.717) is 6.42 Å². The van der Waals surface area contributed by atoms with Crippen LogP contribution in [0.2, 0.25) is 0 Å². The zero-order chi connectivity index (χ0) is 21.4. The van der Waals surface area contributed by atoms with Gasteiger partial charge < -0.3 is 61.4 Å². The summed E-state index contributed by atoms with van der Waals surface area (Å²) < 4.78 is 10.3. The molecule has 0 unspecified atom stereocenters. The molecule has 0 aromatic carbocycles. The van der Waals surface area contributed by atoms with Crippen LogP contribution in [0.25, 0.3) is 0 Å². The molecule has 1 saturated heterocycles. The Balaban J connectivity index is 2.88. The van der Waals surface area contributed by atoms with Crippen LogP contribution in [0.15, 0.2) is 0 Å². The average Bonchev–Trinajstić information content (AvgIpc) is 2.70. The number of carbonyl (C=O) groups excluding carboxylic acids is 1. The van der Waals surface area contributed by atoms with Gasteiger partial charge in [0, 0.05) is 6.54 Å². The number of carbonyl (C=O) groups is 1. The summed E-state index contributed by atoms with van der Waals surface area (Å²) in [5.74, 6) is -0.992. The van der Waals surface area contributed by atoms with Crippen LogP contribution in [0.1, 0.15) is 6.42 Å². The first-order valence-corrected chi connectivity index (χ1v) is 8.78. The fourth-order valence-electron chi connectivity index (χ4n) is 2.59. The summed E-state index contributed by atoms with van der Waals surface area (Å²) in [5.41, 5.74) is 5.28. The molecule has 0 spiro atoms. The molecule has 0 bridgehead atoms. The topological polar surface area (TPSA) is 235 Å². The maximum absolute atomic E-state index is 11.9. The number of nitrogens with one attached hydrogen (secondary N) is 1. The number of amides is 1. The van der Waals surface area contributed by atoms with Gasteiger partial charge in [0.15, 0.2) is 12.4 Å². The molecule has 13 heteroatoms. The molecule has 0 aromatic rings.